The summed E-state index contributed by atoms with van der Waals surface area (Å²) in [5.41, 5.74) is 0.918. The molecule has 0 aliphatic rings. The minimum Gasteiger partial charge on any atom is -0.261 e. The van der Waals surface area contributed by atoms with Gasteiger partial charge in [0.05, 0.1) is 26.9 Å². The molecule has 0 atom stereocenters. The molecule has 0 N–H and O–H groups in total. The van der Waals surface area contributed by atoms with Gasteiger partial charge in [-0.05, 0) is 30.2 Å². The lowest BCUT2D eigenvalue weighted by molar-refractivity contribution is -0.385. The van der Waals surface area contributed by atoms with Crippen molar-refractivity contribution in [1.29, 1.82) is 0 Å². The van der Waals surface area contributed by atoms with E-state index < -0.39 is 26.6 Å². The second-order valence-electron chi connectivity index (χ2n) is 6.40. The van der Waals surface area contributed by atoms with Crippen LogP contribution in [0.2, 0.25) is 0 Å². The average molecular weight is 428 g/mol. The molecular weight excluding hydrogens is 412 g/mol. The number of benzene rings is 3. The Morgan fingerprint density at radius 1 is 0.900 bits per heavy atom. The second-order valence-corrected chi connectivity index (χ2v) is 8.01. The van der Waals surface area contributed by atoms with Gasteiger partial charge >= 0.3 is 0 Å². The van der Waals surface area contributed by atoms with Crippen LogP contribution in [0.15, 0.2) is 71.6 Å². The minimum absolute atomic E-state index is 0.00122. The smallest absolute Gasteiger partial charge is 0.261 e. The lowest BCUT2D eigenvalue weighted by Gasteiger charge is -2.11. The Labute approximate surface area is 172 Å². The van der Waals surface area contributed by atoms with Gasteiger partial charge in [0.15, 0.2) is 0 Å². The average Bonchev–Trinajstić information content (AvgIpc) is 2.72. The number of hydrogen-bond acceptors (Lipinski definition) is 7. The molecule has 3 aromatic rings. The fraction of sp³-hybridized carbons (Fsp3) is 0.100. The molecule has 0 aliphatic heterocycles. The molecule has 0 bridgehead atoms. The van der Waals surface area contributed by atoms with Crippen LogP contribution in [0.3, 0.4) is 0 Å². The second kappa shape index (κ2) is 8.39. The van der Waals surface area contributed by atoms with Crippen molar-refractivity contribution in [2.24, 2.45) is 0 Å². The zero-order valence-electron chi connectivity index (χ0n) is 15.7. The number of nitrogens with zero attached hydrogens (tertiary/aromatic N) is 2. The quantitative estimate of drug-likeness (QED) is 0.310. The summed E-state index contributed by atoms with van der Waals surface area (Å²) in [5, 5.41) is 22.6. The van der Waals surface area contributed by atoms with Gasteiger partial charge in [0.2, 0.25) is 0 Å². The van der Waals surface area contributed by atoms with Gasteiger partial charge in [-0.3, -0.25) is 24.4 Å². The summed E-state index contributed by atoms with van der Waals surface area (Å²) >= 11 is 0. The van der Waals surface area contributed by atoms with E-state index in [-0.39, 0.29) is 27.4 Å². The van der Waals surface area contributed by atoms with E-state index in [1.54, 1.807) is 25.1 Å². The van der Waals surface area contributed by atoms with Gasteiger partial charge in [-0.15, -0.1) is 0 Å². The molecule has 154 valence electrons. The maximum Gasteiger partial charge on any atom is 0.297 e. The van der Waals surface area contributed by atoms with Gasteiger partial charge in [-0.2, -0.15) is 8.42 Å². The van der Waals surface area contributed by atoms with Gasteiger partial charge in [-0.25, -0.2) is 0 Å². The molecule has 3 rings (SSSR count). The third-order valence-electron chi connectivity index (χ3n) is 4.38. The van der Waals surface area contributed by atoms with Crippen LogP contribution in [-0.2, 0) is 20.9 Å². The van der Waals surface area contributed by atoms with Crippen LogP contribution in [-0.4, -0.2) is 18.3 Å². The molecular formula is C20H16N2O7S. The SMILES string of the molecule is Cc1ccc(S(=O)(=O)OCc2c(-c3cccc([N+](=O)[O-])c3)cccc2[N+](=O)[O-])cc1. The van der Waals surface area contributed by atoms with Crippen LogP contribution in [0.5, 0.6) is 0 Å². The van der Waals surface area contributed by atoms with Crippen LogP contribution in [0.25, 0.3) is 11.1 Å². The Balaban J connectivity index is 2.03. The number of hydrogen-bond donors (Lipinski definition) is 0. The maximum atomic E-state index is 12.5. The normalized spacial score (nSPS) is 11.2. The van der Waals surface area contributed by atoms with Crippen molar-refractivity contribution < 1.29 is 22.4 Å². The van der Waals surface area contributed by atoms with E-state index in [0.717, 1.165) is 5.56 Å². The topological polar surface area (TPSA) is 130 Å². The van der Waals surface area contributed by atoms with Gasteiger partial charge < -0.3 is 0 Å². The highest BCUT2D eigenvalue weighted by atomic mass is 32.2. The molecule has 0 amide bonds. The Morgan fingerprint density at radius 2 is 1.57 bits per heavy atom. The van der Waals surface area contributed by atoms with E-state index >= 15 is 0 Å². The third-order valence-corrected chi connectivity index (χ3v) is 5.66. The third kappa shape index (κ3) is 4.50. The first-order valence-electron chi connectivity index (χ1n) is 8.66. The summed E-state index contributed by atoms with van der Waals surface area (Å²) in [6.07, 6.45) is 0. The highest BCUT2D eigenvalue weighted by molar-refractivity contribution is 7.86. The van der Waals surface area contributed by atoms with Gasteiger partial charge in [0, 0.05) is 18.2 Å². The lowest BCUT2D eigenvalue weighted by Crippen LogP contribution is -2.08. The van der Waals surface area contributed by atoms with Crippen molar-refractivity contribution in [2.75, 3.05) is 0 Å². The Bertz CT molecular complexity index is 1220. The molecule has 30 heavy (non-hydrogen) atoms. The molecule has 0 aromatic heterocycles. The number of nitro benzene ring substituents is 2. The van der Waals surface area contributed by atoms with Gasteiger partial charge in [0.1, 0.15) is 0 Å². The zero-order valence-corrected chi connectivity index (χ0v) is 16.5. The molecule has 0 aliphatic carbocycles. The van der Waals surface area contributed by atoms with E-state index in [0.29, 0.717) is 5.56 Å². The molecule has 0 heterocycles. The lowest BCUT2D eigenvalue weighted by atomic mass is 9.98. The first-order valence-corrected chi connectivity index (χ1v) is 10.1. The molecule has 9 nitrogen and oxygen atoms in total. The van der Waals surface area contributed by atoms with E-state index in [1.807, 2.05) is 0 Å². The van der Waals surface area contributed by atoms with Crippen LogP contribution >= 0.6 is 0 Å². The molecule has 0 unspecified atom stereocenters. The summed E-state index contributed by atoms with van der Waals surface area (Å²) in [7, 11) is -4.17. The Hall–Kier alpha value is -3.63. The van der Waals surface area contributed by atoms with E-state index in [1.165, 1.54) is 48.5 Å². The van der Waals surface area contributed by atoms with Crippen molar-refractivity contribution >= 4 is 21.5 Å². The largest absolute Gasteiger partial charge is 0.297 e. The van der Waals surface area contributed by atoms with E-state index in [9.17, 15) is 28.6 Å². The Morgan fingerprint density at radius 3 is 2.20 bits per heavy atom. The number of nitro groups is 2. The fourth-order valence-corrected chi connectivity index (χ4v) is 3.74. The van der Waals surface area contributed by atoms with Crippen molar-refractivity contribution in [3.63, 3.8) is 0 Å². The van der Waals surface area contributed by atoms with Crippen molar-refractivity contribution in [3.8, 4) is 11.1 Å². The molecule has 0 spiro atoms. The predicted molar refractivity (Wildman–Crippen MR) is 108 cm³/mol. The van der Waals surface area contributed by atoms with Crippen molar-refractivity contribution in [1.82, 2.24) is 0 Å². The highest BCUT2D eigenvalue weighted by Gasteiger charge is 2.23. The van der Waals surface area contributed by atoms with Gasteiger partial charge in [0.25, 0.3) is 21.5 Å². The van der Waals surface area contributed by atoms with E-state index in [4.69, 9.17) is 4.18 Å². The van der Waals surface area contributed by atoms with Crippen LogP contribution in [0, 0.1) is 27.2 Å². The first-order chi connectivity index (χ1) is 14.2. The molecule has 0 fully saturated rings. The standard InChI is InChI=1S/C20H16N2O7S/c1-14-8-10-17(11-9-14)30(27,28)29-13-19-18(6-3-7-20(19)22(25)26)15-4-2-5-16(12-15)21(23)24/h2-12H,13H2,1H3. The van der Waals surface area contributed by atoms with Crippen LogP contribution in [0.1, 0.15) is 11.1 Å². The molecule has 0 radical (unpaired) electrons. The van der Waals surface area contributed by atoms with Crippen LogP contribution < -0.4 is 0 Å². The number of non-ortho nitro benzene ring substituents is 1. The highest BCUT2D eigenvalue weighted by Crippen LogP contribution is 2.33. The fourth-order valence-electron chi connectivity index (χ4n) is 2.86. The summed E-state index contributed by atoms with van der Waals surface area (Å²) in [6, 6.07) is 15.7. The summed E-state index contributed by atoms with van der Waals surface area (Å²) in [6.45, 7) is 1.20. The molecule has 0 saturated carbocycles. The molecule has 0 saturated heterocycles. The minimum atomic E-state index is -4.17. The summed E-state index contributed by atoms with van der Waals surface area (Å²) in [5.74, 6) is 0. The molecule has 3 aromatic carbocycles. The number of rotatable bonds is 7. The predicted octanol–water partition coefficient (Wildman–Crippen LogP) is 4.38. The number of aryl methyl sites for hydroxylation is 1. The zero-order chi connectivity index (χ0) is 21.9. The van der Waals surface area contributed by atoms with Crippen molar-refractivity contribution in [3.05, 3.63) is 98.1 Å². The monoisotopic (exact) mass is 428 g/mol. The summed E-state index contributed by atoms with van der Waals surface area (Å²) < 4.78 is 30.1. The summed E-state index contributed by atoms with van der Waals surface area (Å²) in [4.78, 5) is 21.3. The van der Waals surface area contributed by atoms with E-state index in [2.05, 4.69) is 0 Å². The first kappa shape index (κ1) is 21.1. The van der Waals surface area contributed by atoms with Crippen molar-refractivity contribution in [2.45, 2.75) is 18.4 Å². The van der Waals surface area contributed by atoms with Crippen LogP contribution in [0.4, 0.5) is 11.4 Å². The molecule has 10 heteroatoms. The maximum absolute atomic E-state index is 12.5. The van der Waals surface area contributed by atoms with Gasteiger partial charge in [-0.1, -0.05) is 42.0 Å². The Kier molecular flexibility index (Phi) is 5.90.